The lowest BCUT2D eigenvalue weighted by atomic mass is 9.69. The van der Waals surface area contributed by atoms with Crippen LogP contribution in [0.2, 0.25) is 0 Å². The van der Waals surface area contributed by atoms with Crippen LogP contribution in [0.25, 0.3) is 0 Å². The molecule has 0 aromatic carbocycles. The van der Waals surface area contributed by atoms with Gasteiger partial charge in [0.25, 0.3) is 5.91 Å². The molecule has 4 nitrogen and oxygen atoms in total. The third kappa shape index (κ3) is 1.74. The van der Waals surface area contributed by atoms with Gasteiger partial charge in [-0.15, -0.1) is 0 Å². The van der Waals surface area contributed by atoms with Gasteiger partial charge < -0.3 is 11.1 Å². The number of anilines is 1. The molecule has 1 amide bonds. The molecule has 0 aliphatic heterocycles. The molecule has 0 saturated heterocycles. The summed E-state index contributed by atoms with van der Waals surface area (Å²) in [5.74, 6) is 0.636. The van der Waals surface area contributed by atoms with E-state index in [4.69, 9.17) is 5.73 Å². The number of pyridine rings is 1. The number of nitrogens with two attached hydrogens (primary N) is 1. The van der Waals surface area contributed by atoms with E-state index < -0.39 is 0 Å². The minimum absolute atomic E-state index is 0.0837. The standard InChI is InChI=1S/C16H23N3O/c1-15(2)10-6-7-16(15,3)13(8-10)19-14(20)12-5-4-11(17)9-18-12/h4-5,9-10,13H,6-8,17H2,1-3H3,(H,19,20). The monoisotopic (exact) mass is 273 g/mol. The van der Waals surface area contributed by atoms with Gasteiger partial charge >= 0.3 is 0 Å². The zero-order valence-electron chi connectivity index (χ0n) is 12.4. The molecule has 2 aliphatic carbocycles. The maximum atomic E-state index is 12.3. The SMILES string of the molecule is CC1(C)C2CCC1(C)C(NC(=O)c1ccc(N)cn1)C2. The first-order chi connectivity index (χ1) is 9.34. The van der Waals surface area contributed by atoms with Crippen LogP contribution < -0.4 is 11.1 Å². The fraction of sp³-hybridized carbons (Fsp3) is 0.625. The Morgan fingerprint density at radius 1 is 1.40 bits per heavy atom. The first kappa shape index (κ1) is 13.4. The van der Waals surface area contributed by atoms with E-state index >= 15 is 0 Å². The second kappa shape index (κ2) is 4.21. The van der Waals surface area contributed by atoms with Gasteiger partial charge in [-0.25, -0.2) is 4.98 Å². The number of carbonyl (C=O) groups is 1. The number of hydrogen-bond acceptors (Lipinski definition) is 3. The number of hydrogen-bond donors (Lipinski definition) is 2. The van der Waals surface area contributed by atoms with Crippen LogP contribution in [0.1, 0.15) is 50.5 Å². The second-order valence-electron chi connectivity index (χ2n) is 7.11. The van der Waals surface area contributed by atoms with Gasteiger partial charge in [-0.2, -0.15) is 0 Å². The summed E-state index contributed by atoms with van der Waals surface area (Å²) >= 11 is 0. The van der Waals surface area contributed by atoms with Crippen molar-refractivity contribution < 1.29 is 4.79 Å². The largest absolute Gasteiger partial charge is 0.397 e. The molecule has 1 aromatic rings. The predicted molar refractivity (Wildman–Crippen MR) is 79.1 cm³/mol. The van der Waals surface area contributed by atoms with Crippen LogP contribution in [0.3, 0.4) is 0 Å². The van der Waals surface area contributed by atoms with Crippen molar-refractivity contribution in [1.82, 2.24) is 10.3 Å². The van der Waals surface area contributed by atoms with Crippen LogP contribution in [0.15, 0.2) is 18.3 Å². The van der Waals surface area contributed by atoms with E-state index in [9.17, 15) is 4.79 Å². The number of carbonyl (C=O) groups excluding carboxylic acids is 1. The number of nitrogen functional groups attached to an aromatic ring is 1. The smallest absolute Gasteiger partial charge is 0.270 e. The molecule has 2 aliphatic rings. The van der Waals surface area contributed by atoms with Crippen LogP contribution in [0.4, 0.5) is 5.69 Å². The van der Waals surface area contributed by atoms with E-state index in [1.807, 2.05) is 0 Å². The summed E-state index contributed by atoms with van der Waals surface area (Å²) < 4.78 is 0. The average Bonchev–Trinajstić information content (AvgIpc) is 2.72. The minimum Gasteiger partial charge on any atom is -0.397 e. The Bertz CT molecular complexity index is 537. The lowest BCUT2D eigenvalue weighted by Crippen LogP contribution is -2.47. The van der Waals surface area contributed by atoms with E-state index in [1.165, 1.54) is 19.0 Å². The molecule has 20 heavy (non-hydrogen) atoms. The Hall–Kier alpha value is -1.58. The molecule has 2 fully saturated rings. The van der Waals surface area contributed by atoms with Crippen molar-refractivity contribution in [1.29, 1.82) is 0 Å². The van der Waals surface area contributed by atoms with Gasteiger partial charge in [0.2, 0.25) is 0 Å². The van der Waals surface area contributed by atoms with Crippen LogP contribution in [0.5, 0.6) is 0 Å². The molecule has 4 heteroatoms. The molecule has 3 rings (SSSR count). The highest BCUT2D eigenvalue weighted by atomic mass is 16.1. The number of aromatic nitrogens is 1. The van der Waals surface area contributed by atoms with E-state index in [1.54, 1.807) is 12.1 Å². The van der Waals surface area contributed by atoms with Crippen LogP contribution in [-0.2, 0) is 0 Å². The number of amides is 1. The molecule has 2 bridgehead atoms. The van der Waals surface area contributed by atoms with Gasteiger partial charge in [0.05, 0.1) is 11.9 Å². The van der Waals surface area contributed by atoms with Gasteiger partial charge in [0, 0.05) is 6.04 Å². The van der Waals surface area contributed by atoms with Crippen LogP contribution in [-0.4, -0.2) is 16.9 Å². The zero-order valence-corrected chi connectivity index (χ0v) is 12.4. The highest BCUT2D eigenvalue weighted by molar-refractivity contribution is 5.92. The van der Waals surface area contributed by atoms with Gasteiger partial charge in [0.15, 0.2) is 0 Å². The molecule has 1 aromatic heterocycles. The third-order valence-electron chi connectivity index (χ3n) is 6.12. The van der Waals surface area contributed by atoms with Gasteiger partial charge in [-0.1, -0.05) is 20.8 Å². The lowest BCUT2D eigenvalue weighted by molar-refractivity contribution is 0.0821. The number of nitrogens with zero attached hydrogens (tertiary/aromatic N) is 1. The molecule has 3 atom stereocenters. The predicted octanol–water partition coefficient (Wildman–Crippen LogP) is 2.61. The van der Waals surface area contributed by atoms with Crippen LogP contribution in [0, 0.1) is 16.7 Å². The number of fused-ring (bicyclic) bond motifs is 2. The first-order valence-corrected chi connectivity index (χ1v) is 7.37. The fourth-order valence-electron chi connectivity index (χ4n) is 4.19. The topological polar surface area (TPSA) is 68.0 Å². The van der Waals surface area contributed by atoms with Crippen molar-refractivity contribution in [2.45, 2.75) is 46.1 Å². The maximum Gasteiger partial charge on any atom is 0.270 e. The molecule has 0 spiro atoms. The molecule has 108 valence electrons. The second-order valence-corrected chi connectivity index (χ2v) is 7.11. The normalized spacial score (nSPS) is 34.1. The Labute approximate surface area is 120 Å². The molecular formula is C16H23N3O. The average molecular weight is 273 g/mol. The summed E-state index contributed by atoms with van der Waals surface area (Å²) in [5, 5.41) is 3.20. The summed E-state index contributed by atoms with van der Waals surface area (Å²) in [6.45, 7) is 7.01. The summed E-state index contributed by atoms with van der Waals surface area (Å²) in [6.07, 6.45) is 5.10. The molecule has 3 N–H and O–H groups in total. The summed E-state index contributed by atoms with van der Waals surface area (Å²) in [6, 6.07) is 3.66. The third-order valence-corrected chi connectivity index (χ3v) is 6.12. The Morgan fingerprint density at radius 3 is 2.65 bits per heavy atom. The zero-order chi connectivity index (χ0) is 14.5. The lowest BCUT2D eigenvalue weighted by Gasteiger charge is -2.39. The minimum atomic E-state index is -0.0837. The first-order valence-electron chi connectivity index (χ1n) is 7.37. The quantitative estimate of drug-likeness (QED) is 0.870. The van der Waals surface area contributed by atoms with Crippen LogP contribution >= 0.6 is 0 Å². The Balaban J connectivity index is 1.76. The van der Waals surface area contributed by atoms with Crippen molar-refractivity contribution in [3.8, 4) is 0 Å². The molecule has 0 radical (unpaired) electrons. The Kier molecular flexibility index (Phi) is 2.82. The number of rotatable bonds is 2. The van der Waals surface area contributed by atoms with E-state index in [-0.39, 0.29) is 17.4 Å². The van der Waals surface area contributed by atoms with Gasteiger partial charge in [-0.3, -0.25) is 4.79 Å². The molecular weight excluding hydrogens is 250 g/mol. The van der Waals surface area contributed by atoms with Crippen molar-refractivity contribution in [3.05, 3.63) is 24.0 Å². The fourth-order valence-corrected chi connectivity index (χ4v) is 4.19. The Morgan fingerprint density at radius 2 is 2.15 bits per heavy atom. The summed E-state index contributed by atoms with van der Waals surface area (Å²) in [4.78, 5) is 16.4. The van der Waals surface area contributed by atoms with E-state index in [0.717, 1.165) is 12.3 Å². The van der Waals surface area contributed by atoms with E-state index in [2.05, 4.69) is 31.1 Å². The van der Waals surface area contributed by atoms with Crippen molar-refractivity contribution >= 4 is 11.6 Å². The van der Waals surface area contributed by atoms with Crippen molar-refractivity contribution in [3.63, 3.8) is 0 Å². The van der Waals surface area contributed by atoms with Gasteiger partial charge in [-0.05, 0) is 48.1 Å². The molecule has 3 unspecified atom stereocenters. The summed E-state index contributed by atoms with van der Waals surface area (Å²) in [7, 11) is 0. The highest BCUT2D eigenvalue weighted by Crippen LogP contribution is 2.65. The van der Waals surface area contributed by atoms with Gasteiger partial charge in [0.1, 0.15) is 5.69 Å². The van der Waals surface area contributed by atoms with Crippen molar-refractivity contribution in [2.24, 2.45) is 16.7 Å². The molecule has 2 saturated carbocycles. The maximum absolute atomic E-state index is 12.3. The molecule has 1 heterocycles. The van der Waals surface area contributed by atoms with Crippen molar-refractivity contribution in [2.75, 3.05) is 5.73 Å². The highest BCUT2D eigenvalue weighted by Gasteiger charge is 2.61. The summed E-state index contributed by atoms with van der Waals surface area (Å²) in [5.41, 5.74) is 7.13. The van der Waals surface area contributed by atoms with E-state index in [0.29, 0.717) is 16.8 Å². The number of nitrogens with one attached hydrogen (secondary N) is 1.